The van der Waals surface area contributed by atoms with Gasteiger partial charge in [-0.25, -0.2) is 0 Å². The molecular weight excluding hydrogens is 452 g/mol. The number of benzene rings is 2. The second-order valence-corrected chi connectivity index (χ2v) is 10.2. The van der Waals surface area contributed by atoms with Crippen molar-refractivity contribution in [1.82, 2.24) is 20.5 Å². The molecule has 188 valence electrons. The summed E-state index contributed by atoms with van der Waals surface area (Å²) in [6.45, 7) is 7.95. The van der Waals surface area contributed by atoms with Gasteiger partial charge in [0.05, 0.1) is 6.04 Å². The van der Waals surface area contributed by atoms with Crippen molar-refractivity contribution in [2.24, 2.45) is 5.92 Å². The Labute approximate surface area is 211 Å². The number of amides is 3. The summed E-state index contributed by atoms with van der Waals surface area (Å²) in [6.07, 6.45) is 1.94. The molecule has 0 radical (unpaired) electrons. The average Bonchev–Trinajstić information content (AvgIpc) is 3.41. The fraction of sp³-hybridized carbons (Fsp3) is 0.414. The van der Waals surface area contributed by atoms with Crippen LogP contribution >= 0.6 is 0 Å². The van der Waals surface area contributed by atoms with Crippen LogP contribution in [0.25, 0.3) is 10.9 Å². The van der Waals surface area contributed by atoms with Crippen LogP contribution in [0.5, 0.6) is 0 Å². The van der Waals surface area contributed by atoms with Gasteiger partial charge in [-0.2, -0.15) is 0 Å². The lowest BCUT2D eigenvalue weighted by Crippen LogP contribution is -2.58. The Morgan fingerprint density at radius 3 is 2.50 bits per heavy atom. The van der Waals surface area contributed by atoms with Crippen LogP contribution in [0.1, 0.15) is 73.8 Å². The summed E-state index contributed by atoms with van der Waals surface area (Å²) in [5, 5.41) is 7.13. The Balaban J connectivity index is 1.54. The van der Waals surface area contributed by atoms with Gasteiger partial charge in [-0.3, -0.25) is 14.4 Å². The number of para-hydroxylation sites is 1. The van der Waals surface area contributed by atoms with E-state index in [0.29, 0.717) is 12.0 Å². The summed E-state index contributed by atoms with van der Waals surface area (Å²) in [4.78, 5) is 45.9. The van der Waals surface area contributed by atoms with Gasteiger partial charge in [-0.05, 0) is 42.5 Å². The van der Waals surface area contributed by atoms with Crippen LogP contribution in [-0.4, -0.2) is 45.7 Å². The Morgan fingerprint density at radius 2 is 1.75 bits per heavy atom. The number of hydrogen-bond donors (Lipinski definition) is 3. The summed E-state index contributed by atoms with van der Waals surface area (Å²) in [7, 11) is 0. The molecule has 3 amide bonds. The molecule has 0 fully saturated rings. The Morgan fingerprint density at radius 1 is 1.03 bits per heavy atom. The molecule has 7 nitrogen and oxygen atoms in total. The maximum atomic E-state index is 13.9. The van der Waals surface area contributed by atoms with E-state index in [1.54, 1.807) is 4.90 Å². The van der Waals surface area contributed by atoms with E-state index in [4.69, 9.17) is 0 Å². The van der Waals surface area contributed by atoms with Crippen molar-refractivity contribution in [2.75, 3.05) is 0 Å². The van der Waals surface area contributed by atoms with Crippen molar-refractivity contribution < 1.29 is 14.4 Å². The van der Waals surface area contributed by atoms with Crippen molar-refractivity contribution in [3.05, 3.63) is 70.9 Å². The minimum Gasteiger partial charge on any atom is -0.356 e. The van der Waals surface area contributed by atoms with Crippen LogP contribution in [-0.2, 0) is 16.0 Å². The maximum Gasteiger partial charge on any atom is 0.255 e. The molecule has 3 unspecified atom stereocenters. The molecule has 5 atom stereocenters. The van der Waals surface area contributed by atoms with E-state index in [-0.39, 0.29) is 35.7 Å². The predicted octanol–water partition coefficient (Wildman–Crippen LogP) is 4.08. The molecule has 0 bridgehead atoms. The van der Waals surface area contributed by atoms with E-state index in [1.165, 1.54) is 0 Å². The van der Waals surface area contributed by atoms with Crippen LogP contribution in [0.3, 0.4) is 0 Å². The number of fused-ring (bicyclic) bond motifs is 7. The number of carbonyl (C=O) groups is 3. The lowest BCUT2D eigenvalue weighted by molar-refractivity contribution is -0.133. The van der Waals surface area contributed by atoms with Gasteiger partial charge in [0.15, 0.2) is 0 Å². The largest absolute Gasteiger partial charge is 0.356 e. The second-order valence-electron chi connectivity index (χ2n) is 10.2. The van der Waals surface area contributed by atoms with Gasteiger partial charge in [0, 0.05) is 34.6 Å². The fourth-order valence-electron chi connectivity index (χ4n) is 5.52. The van der Waals surface area contributed by atoms with Gasteiger partial charge >= 0.3 is 0 Å². The van der Waals surface area contributed by atoms with Crippen LogP contribution < -0.4 is 10.6 Å². The quantitative estimate of drug-likeness (QED) is 0.470. The normalized spacial score (nSPS) is 20.8. The standard InChI is InChI=1S/C29H34N4O3/c1-5-16(3)24(28(35)30-17(4)6-2)32-27(34)23-15-21-18-11-9-10-14-22(18)31-25(21)26-19-12-7-8-13-20(19)29(36)33(23)26/h7-14,16-17,23-24,26,31H,5-6,15H2,1-4H3,(H,30,35)(H,32,34)/t16?,17?,23-,24-,26?/m0/s1. The number of carbonyl (C=O) groups excluding carboxylic acids is 3. The van der Waals surface area contributed by atoms with Crippen molar-refractivity contribution in [2.45, 2.75) is 71.1 Å². The zero-order chi connectivity index (χ0) is 25.6. The third-order valence-electron chi connectivity index (χ3n) is 7.95. The Hall–Kier alpha value is -3.61. The number of nitrogens with one attached hydrogen (secondary N) is 3. The number of nitrogens with zero attached hydrogens (tertiary/aromatic N) is 1. The Bertz CT molecular complexity index is 1330. The minimum atomic E-state index is -0.718. The maximum absolute atomic E-state index is 13.9. The molecule has 1 aromatic heterocycles. The first-order valence-corrected chi connectivity index (χ1v) is 13.0. The molecule has 3 N–H and O–H groups in total. The Kier molecular flexibility index (Phi) is 6.33. The zero-order valence-corrected chi connectivity index (χ0v) is 21.3. The van der Waals surface area contributed by atoms with E-state index < -0.39 is 12.1 Å². The highest BCUT2D eigenvalue weighted by Crippen LogP contribution is 2.46. The monoisotopic (exact) mass is 486 g/mol. The highest BCUT2D eigenvalue weighted by atomic mass is 16.2. The first kappa shape index (κ1) is 24.1. The van der Waals surface area contributed by atoms with Gasteiger partial charge in [-0.1, -0.05) is 63.6 Å². The number of aromatic nitrogens is 1. The average molecular weight is 487 g/mol. The van der Waals surface area contributed by atoms with E-state index in [9.17, 15) is 14.4 Å². The molecule has 5 rings (SSSR count). The van der Waals surface area contributed by atoms with Crippen LogP contribution in [0.4, 0.5) is 0 Å². The summed E-state index contributed by atoms with van der Waals surface area (Å²) in [5.74, 6) is -0.665. The van der Waals surface area contributed by atoms with Gasteiger partial charge < -0.3 is 20.5 Å². The van der Waals surface area contributed by atoms with Crippen molar-refractivity contribution in [3.63, 3.8) is 0 Å². The summed E-state index contributed by atoms with van der Waals surface area (Å²) in [5.41, 5.74) is 4.54. The molecule has 2 aromatic carbocycles. The molecule has 36 heavy (non-hydrogen) atoms. The van der Waals surface area contributed by atoms with Crippen molar-refractivity contribution in [3.8, 4) is 0 Å². The third-order valence-corrected chi connectivity index (χ3v) is 7.95. The molecule has 3 aromatic rings. The molecule has 3 heterocycles. The number of H-pyrrole nitrogens is 1. The van der Waals surface area contributed by atoms with Crippen LogP contribution in [0, 0.1) is 5.92 Å². The molecular formula is C29H34N4O3. The van der Waals surface area contributed by atoms with E-state index in [1.807, 2.05) is 70.2 Å². The van der Waals surface area contributed by atoms with Gasteiger partial charge in [0.1, 0.15) is 12.1 Å². The number of aromatic amines is 1. The van der Waals surface area contributed by atoms with Crippen molar-refractivity contribution in [1.29, 1.82) is 0 Å². The van der Waals surface area contributed by atoms with Gasteiger partial charge in [0.2, 0.25) is 11.8 Å². The summed E-state index contributed by atoms with van der Waals surface area (Å²) in [6, 6.07) is 13.9. The minimum absolute atomic E-state index is 0.0171. The summed E-state index contributed by atoms with van der Waals surface area (Å²) < 4.78 is 0. The lowest BCUT2D eigenvalue weighted by atomic mass is 9.89. The van der Waals surface area contributed by atoms with Gasteiger partial charge in [-0.15, -0.1) is 0 Å². The van der Waals surface area contributed by atoms with Crippen LogP contribution in [0.2, 0.25) is 0 Å². The highest BCUT2D eigenvalue weighted by Gasteiger charge is 2.49. The highest BCUT2D eigenvalue weighted by molar-refractivity contribution is 6.04. The van der Waals surface area contributed by atoms with Gasteiger partial charge in [0.25, 0.3) is 5.91 Å². The fourth-order valence-corrected chi connectivity index (χ4v) is 5.52. The number of rotatable bonds is 7. The molecule has 0 saturated heterocycles. The first-order valence-electron chi connectivity index (χ1n) is 13.0. The predicted molar refractivity (Wildman–Crippen MR) is 140 cm³/mol. The van der Waals surface area contributed by atoms with E-state index in [0.717, 1.165) is 40.6 Å². The topological polar surface area (TPSA) is 94.3 Å². The van der Waals surface area contributed by atoms with E-state index >= 15 is 0 Å². The van der Waals surface area contributed by atoms with Crippen LogP contribution in [0.15, 0.2) is 48.5 Å². The second kappa shape index (κ2) is 9.45. The third kappa shape index (κ3) is 3.87. The molecule has 2 aliphatic heterocycles. The van der Waals surface area contributed by atoms with Crippen molar-refractivity contribution >= 4 is 28.6 Å². The number of hydrogen-bond acceptors (Lipinski definition) is 3. The molecule has 0 aliphatic carbocycles. The molecule has 0 spiro atoms. The zero-order valence-electron chi connectivity index (χ0n) is 21.3. The smallest absolute Gasteiger partial charge is 0.255 e. The van der Waals surface area contributed by atoms with E-state index in [2.05, 4.69) is 21.7 Å². The lowest BCUT2D eigenvalue weighted by Gasteiger charge is -2.38. The SMILES string of the molecule is CCC(C)NC(=O)[C@@H](NC(=O)[C@@H]1Cc2c([nH]c3ccccc23)C2c3ccccc3C(=O)N21)C(C)CC. The molecule has 0 saturated carbocycles. The first-order chi connectivity index (χ1) is 17.3. The summed E-state index contributed by atoms with van der Waals surface area (Å²) >= 11 is 0. The molecule has 2 aliphatic rings. The molecule has 7 heteroatoms.